The third-order valence-corrected chi connectivity index (χ3v) is 6.16. The zero-order valence-corrected chi connectivity index (χ0v) is 19.2. The van der Waals surface area contributed by atoms with E-state index in [9.17, 15) is 9.59 Å². The highest BCUT2D eigenvalue weighted by atomic mass is 16.2. The smallest absolute Gasteiger partial charge is 0.238 e. The average molecular weight is 422 g/mol. The second kappa shape index (κ2) is 10.6. The third kappa shape index (κ3) is 6.41. The number of aryl methyl sites for hydroxylation is 2. The maximum absolute atomic E-state index is 12.7. The van der Waals surface area contributed by atoms with Crippen LogP contribution in [0.25, 0.3) is 0 Å². The fourth-order valence-corrected chi connectivity index (χ4v) is 3.92. The predicted octanol–water partition coefficient (Wildman–Crippen LogP) is 5.25. The van der Waals surface area contributed by atoms with Gasteiger partial charge in [-0.15, -0.1) is 0 Å². The summed E-state index contributed by atoms with van der Waals surface area (Å²) in [4.78, 5) is 27.5. The molecule has 1 unspecified atom stereocenters. The van der Waals surface area contributed by atoms with Gasteiger partial charge in [-0.1, -0.05) is 50.2 Å². The Kier molecular flexibility index (Phi) is 7.85. The van der Waals surface area contributed by atoms with Crippen molar-refractivity contribution >= 4 is 23.2 Å². The highest BCUT2D eigenvalue weighted by Crippen LogP contribution is 2.28. The zero-order valence-electron chi connectivity index (χ0n) is 19.2. The Bertz CT molecular complexity index is 900. The minimum absolute atomic E-state index is 0.00319. The number of rotatable bonds is 10. The van der Waals surface area contributed by atoms with Gasteiger partial charge in [0.05, 0.1) is 6.54 Å². The minimum atomic E-state index is -0.0215. The number of nitrogens with zero attached hydrogens (tertiary/aromatic N) is 1. The maximum Gasteiger partial charge on any atom is 0.238 e. The molecule has 0 bridgehead atoms. The van der Waals surface area contributed by atoms with Crippen LogP contribution in [0.1, 0.15) is 62.1 Å². The van der Waals surface area contributed by atoms with Crippen molar-refractivity contribution in [3.05, 3.63) is 59.2 Å². The number of carbonyl (C=O) groups is 2. The largest absolute Gasteiger partial charge is 0.326 e. The molecule has 166 valence electrons. The van der Waals surface area contributed by atoms with Crippen LogP contribution in [0.5, 0.6) is 0 Å². The van der Waals surface area contributed by atoms with Crippen molar-refractivity contribution in [1.29, 1.82) is 0 Å². The molecule has 0 heterocycles. The van der Waals surface area contributed by atoms with Crippen LogP contribution in [-0.4, -0.2) is 35.8 Å². The van der Waals surface area contributed by atoms with E-state index in [1.54, 1.807) is 0 Å². The van der Waals surface area contributed by atoms with Crippen molar-refractivity contribution in [3.63, 3.8) is 0 Å². The lowest BCUT2D eigenvalue weighted by atomic mass is 9.97. The molecule has 5 heteroatoms. The first kappa shape index (κ1) is 23.0. The molecule has 1 fully saturated rings. The second-order valence-electron chi connectivity index (χ2n) is 8.71. The van der Waals surface area contributed by atoms with Crippen LogP contribution in [-0.2, 0) is 9.59 Å². The summed E-state index contributed by atoms with van der Waals surface area (Å²) < 4.78 is 0. The summed E-state index contributed by atoms with van der Waals surface area (Å²) in [7, 11) is 0. The van der Waals surface area contributed by atoms with E-state index in [1.807, 2.05) is 50.2 Å². The van der Waals surface area contributed by atoms with Crippen molar-refractivity contribution in [2.45, 2.75) is 65.3 Å². The fraction of sp³-hybridized carbons (Fsp3) is 0.462. The topological polar surface area (TPSA) is 61.4 Å². The van der Waals surface area contributed by atoms with Gasteiger partial charge in [0.2, 0.25) is 11.8 Å². The van der Waals surface area contributed by atoms with Crippen LogP contribution >= 0.6 is 0 Å². The molecule has 1 aliphatic carbocycles. The summed E-state index contributed by atoms with van der Waals surface area (Å²) in [5.41, 5.74) is 5.08. The number of benzene rings is 2. The molecule has 5 nitrogen and oxygen atoms in total. The van der Waals surface area contributed by atoms with E-state index in [-0.39, 0.29) is 11.8 Å². The van der Waals surface area contributed by atoms with E-state index in [0.717, 1.165) is 41.8 Å². The van der Waals surface area contributed by atoms with Crippen LogP contribution in [0.15, 0.2) is 42.5 Å². The quantitative estimate of drug-likeness (QED) is 0.551. The summed E-state index contributed by atoms with van der Waals surface area (Å²) in [5.74, 6) is 0.372. The van der Waals surface area contributed by atoms with Crippen LogP contribution in [0.3, 0.4) is 0 Å². The highest BCUT2D eigenvalue weighted by molar-refractivity contribution is 5.94. The Morgan fingerprint density at radius 2 is 1.68 bits per heavy atom. The summed E-state index contributed by atoms with van der Waals surface area (Å²) >= 11 is 0. The van der Waals surface area contributed by atoms with Gasteiger partial charge >= 0.3 is 0 Å². The van der Waals surface area contributed by atoms with E-state index in [4.69, 9.17) is 0 Å². The Hall–Kier alpha value is -2.66. The molecule has 0 saturated heterocycles. The molecule has 2 N–H and O–H groups in total. The Morgan fingerprint density at radius 1 is 1.00 bits per heavy atom. The van der Waals surface area contributed by atoms with Crippen LogP contribution in [0.4, 0.5) is 11.4 Å². The Morgan fingerprint density at radius 3 is 2.32 bits per heavy atom. The molecule has 2 aromatic rings. The molecule has 0 aromatic heterocycles. The number of para-hydroxylation sites is 2. The van der Waals surface area contributed by atoms with E-state index >= 15 is 0 Å². The lowest BCUT2D eigenvalue weighted by Crippen LogP contribution is -2.37. The fourth-order valence-electron chi connectivity index (χ4n) is 3.92. The van der Waals surface area contributed by atoms with Crippen molar-refractivity contribution < 1.29 is 9.59 Å². The third-order valence-electron chi connectivity index (χ3n) is 6.16. The van der Waals surface area contributed by atoms with Crippen LogP contribution in [0, 0.1) is 13.8 Å². The SMILES string of the molecule is CCC(C)c1ccccc1NC(=O)CCN(CC(=O)Nc1c(C)cccc1C)C1CC1. The molecular weight excluding hydrogens is 386 g/mol. The number of hydrogen-bond acceptors (Lipinski definition) is 3. The molecule has 1 saturated carbocycles. The zero-order chi connectivity index (χ0) is 22.4. The van der Waals surface area contributed by atoms with Crippen molar-refractivity contribution in [2.75, 3.05) is 23.7 Å². The van der Waals surface area contributed by atoms with Gasteiger partial charge in [0.15, 0.2) is 0 Å². The van der Waals surface area contributed by atoms with Gasteiger partial charge in [-0.3, -0.25) is 14.5 Å². The van der Waals surface area contributed by atoms with Crippen LogP contribution in [0.2, 0.25) is 0 Å². The summed E-state index contributed by atoms with van der Waals surface area (Å²) in [5, 5.41) is 6.15. The Labute approximate surface area is 186 Å². The summed E-state index contributed by atoms with van der Waals surface area (Å²) in [6, 6.07) is 14.4. The lowest BCUT2D eigenvalue weighted by Gasteiger charge is -2.22. The maximum atomic E-state index is 12.7. The van der Waals surface area contributed by atoms with E-state index < -0.39 is 0 Å². The number of nitrogens with one attached hydrogen (secondary N) is 2. The minimum Gasteiger partial charge on any atom is -0.326 e. The molecule has 0 radical (unpaired) electrons. The summed E-state index contributed by atoms with van der Waals surface area (Å²) in [6.07, 6.45) is 3.59. The molecule has 31 heavy (non-hydrogen) atoms. The molecule has 2 aromatic carbocycles. The van der Waals surface area contributed by atoms with Crippen molar-refractivity contribution in [3.8, 4) is 0 Å². The van der Waals surface area contributed by atoms with Gasteiger partial charge in [0.1, 0.15) is 0 Å². The number of anilines is 2. The monoisotopic (exact) mass is 421 g/mol. The van der Waals surface area contributed by atoms with E-state index in [1.165, 1.54) is 5.56 Å². The Balaban J connectivity index is 1.55. The number of amides is 2. The summed E-state index contributed by atoms with van der Waals surface area (Å²) in [6.45, 7) is 9.23. The first-order valence-electron chi connectivity index (χ1n) is 11.4. The number of carbonyl (C=O) groups excluding carboxylic acids is 2. The molecule has 0 spiro atoms. The van der Waals surface area contributed by atoms with E-state index in [2.05, 4.69) is 35.4 Å². The van der Waals surface area contributed by atoms with Gasteiger partial charge in [0.25, 0.3) is 0 Å². The van der Waals surface area contributed by atoms with Gasteiger partial charge in [0, 0.05) is 30.4 Å². The molecule has 0 aliphatic heterocycles. The predicted molar refractivity (Wildman–Crippen MR) is 128 cm³/mol. The molecular formula is C26H35N3O2. The first-order chi connectivity index (χ1) is 14.9. The van der Waals surface area contributed by atoms with Crippen molar-refractivity contribution in [2.24, 2.45) is 0 Å². The first-order valence-corrected chi connectivity index (χ1v) is 11.4. The van der Waals surface area contributed by atoms with Gasteiger partial charge in [-0.2, -0.15) is 0 Å². The standard InChI is InChI=1S/C26H35N3O2/c1-5-18(2)22-11-6-7-12-23(22)27-24(30)15-16-29(21-13-14-21)17-25(31)28-26-19(3)9-8-10-20(26)4/h6-12,18,21H,5,13-17H2,1-4H3,(H,27,30)(H,28,31). The van der Waals surface area contributed by atoms with E-state index in [0.29, 0.717) is 31.5 Å². The number of hydrogen-bond donors (Lipinski definition) is 2. The van der Waals surface area contributed by atoms with Gasteiger partial charge in [-0.25, -0.2) is 0 Å². The second-order valence-corrected chi connectivity index (χ2v) is 8.71. The van der Waals surface area contributed by atoms with Gasteiger partial charge in [-0.05, 0) is 61.8 Å². The molecule has 2 amide bonds. The highest BCUT2D eigenvalue weighted by Gasteiger charge is 2.30. The molecule has 3 rings (SSSR count). The molecule has 1 aliphatic rings. The van der Waals surface area contributed by atoms with Gasteiger partial charge < -0.3 is 10.6 Å². The van der Waals surface area contributed by atoms with Crippen molar-refractivity contribution in [1.82, 2.24) is 4.90 Å². The lowest BCUT2D eigenvalue weighted by molar-refractivity contribution is -0.119. The average Bonchev–Trinajstić information content (AvgIpc) is 3.59. The molecule has 1 atom stereocenters. The normalized spacial score (nSPS) is 14.4. The van der Waals surface area contributed by atoms with Crippen LogP contribution < -0.4 is 10.6 Å².